The van der Waals surface area contributed by atoms with Gasteiger partial charge in [-0.15, -0.1) is 0 Å². The molecule has 1 unspecified atom stereocenters. The second kappa shape index (κ2) is 18.1. The van der Waals surface area contributed by atoms with Crippen LogP contribution in [0.4, 0.5) is 0 Å². The van der Waals surface area contributed by atoms with Gasteiger partial charge in [-0.05, 0) is 92.9 Å². The lowest BCUT2D eigenvalue weighted by Gasteiger charge is -2.64. The first-order valence-electron chi connectivity index (χ1n) is 24.0. The predicted octanol–water partition coefficient (Wildman–Crippen LogP) is 4.13. The highest BCUT2D eigenvalue weighted by molar-refractivity contribution is 5.92. The van der Waals surface area contributed by atoms with Crippen LogP contribution in [-0.2, 0) is 49.3 Å². The molecule has 1 saturated carbocycles. The number of ether oxygens (including phenoxy) is 8. The van der Waals surface area contributed by atoms with Gasteiger partial charge in [-0.2, -0.15) is 0 Å². The first-order chi connectivity index (χ1) is 30.9. The van der Waals surface area contributed by atoms with Gasteiger partial charge in [0.1, 0.15) is 24.6 Å². The van der Waals surface area contributed by atoms with E-state index in [0.29, 0.717) is 56.1 Å². The van der Waals surface area contributed by atoms with E-state index in [0.717, 1.165) is 30.5 Å². The molecule has 64 heavy (non-hydrogen) atoms. The minimum atomic E-state index is -1.68. The number of nitrogens with zero attached hydrogens (tertiary/aromatic N) is 1. The first kappa shape index (κ1) is 45.1. The number of Topliss-reactive ketones (excluding diaryl/α,β-unsaturated/α-hetero) is 1. The number of ketones is 1. The van der Waals surface area contributed by atoms with Gasteiger partial charge in [-0.25, -0.2) is 4.79 Å². The molecule has 0 amide bonds. The maximum atomic E-state index is 14.4. The van der Waals surface area contributed by atoms with Gasteiger partial charge < -0.3 is 58.3 Å². The molecule has 1 aromatic carbocycles. The molecule has 352 valence electrons. The van der Waals surface area contributed by atoms with Crippen molar-refractivity contribution in [2.45, 2.75) is 188 Å². The summed E-state index contributed by atoms with van der Waals surface area (Å²) in [5, 5.41) is 44.3. The van der Waals surface area contributed by atoms with Gasteiger partial charge in [-0.1, -0.05) is 25.6 Å². The monoisotopic (exact) mass is 893 g/mol. The van der Waals surface area contributed by atoms with Crippen molar-refractivity contribution in [1.29, 1.82) is 0 Å². The molecule has 1 aliphatic carbocycles. The SMILES string of the molecule is C=C1C[C@@H]2CC[C@]3(O)O[C@@H]4[C@@H]5C[C@@H](CC3CO)[C@@H]5O[C@H]3CC[C@@H]5CC(=O)C[C@@H]6[C@@H](OC)[C@@H](C[C@H](O)COC(=O)c7ccc(CO)cc7)O[C@H]6C[C@H]6O[C@@H](CC[C@@H]1O2)C[C@@H](C)C6=N[C@]34O5. The second-order valence-electron chi connectivity index (χ2n) is 20.6. The summed E-state index contributed by atoms with van der Waals surface area (Å²) in [5.74, 6) is -3.22. The fraction of sp³-hybridized carbons (Fsp3) is 0.776. The molecule has 10 heterocycles. The predicted molar refractivity (Wildman–Crippen MR) is 228 cm³/mol. The molecule has 19 atom stereocenters. The lowest BCUT2D eigenvalue weighted by Crippen LogP contribution is -2.74. The van der Waals surface area contributed by atoms with Gasteiger partial charge in [-0.3, -0.25) is 9.79 Å². The molecule has 15 nitrogen and oxygen atoms in total. The standard InChI is InChI=1S/C49H67NO14/c1-25-14-34-12-13-48(56)30(23-52)16-29-17-37-44(29)62-42-11-9-35-18-31(53)19-36-39(61-41(45(36)57-3)20-32(54)24-58-47(55)28-6-4-27(22-51)5-7-28)21-40-43(50-49(42,63-35)46(37)64-48)26(2)15-33(60-40)8-10-38(25)59-34/h4-7,26,29-30,32-42,44-46,51-52,54,56H,1,8-24H2,2-3H3/t26-,29-,30?,32+,33+,34+,35-,36+,37-,38+,39+,40-,41-,42+,44+,45-,46-,48+,49+/m1/s1. The summed E-state index contributed by atoms with van der Waals surface area (Å²) in [4.78, 5) is 33.0. The van der Waals surface area contributed by atoms with Gasteiger partial charge in [0.05, 0.1) is 79.8 Å². The number of rotatable bonds is 8. The van der Waals surface area contributed by atoms with Crippen LogP contribution >= 0.6 is 0 Å². The zero-order valence-electron chi connectivity index (χ0n) is 37.2. The fourth-order valence-corrected chi connectivity index (χ4v) is 13.1. The van der Waals surface area contributed by atoms with Gasteiger partial charge in [0.25, 0.3) is 0 Å². The van der Waals surface area contributed by atoms with E-state index in [-0.39, 0.29) is 99.4 Å². The number of hydrogen-bond donors (Lipinski definition) is 4. The Kier molecular flexibility index (Phi) is 12.8. The minimum absolute atomic E-state index is 0.00577. The van der Waals surface area contributed by atoms with Crippen LogP contribution in [0.25, 0.3) is 0 Å². The number of aliphatic hydroxyl groups excluding tert-OH is 3. The van der Waals surface area contributed by atoms with Crippen molar-refractivity contribution in [2.75, 3.05) is 20.3 Å². The molecule has 7 saturated heterocycles. The van der Waals surface area contributed by atoms with Crippen molar-refractivity contribution in [3.63, 3.8) is 0 Å². The van der Waals surface area contributed by atoms with Crippen LogP contribution in [0.2, 0.25) is 0 Å². The van der Waals surface area contributed by atoms with E-state index in [1.807, 2.05) is 0 Å². The molecule has 10 aliphatic heterocycles. The van der Waals surface area contributed by atoms with Crippen molar-refractivity contribution >= 4 is 17.5 Å². The van der Waals surface area contributed by atoms with Crippen molar-refractivity contribution in [3.05, 3.63) is 47.5 Å². The van der Waals surface area contributed by atoms with Crippen LogP contribution in [0, 0.1) is 29.6 Å². The summed E-state index contributed by atoms with van der Waals surface area (Å²) in [7, 11) is 1.60. The minimum Gasteiger partial charge on any atom is -0.459 e. The van der Waals surface area contributed by atoms with Crippen LogP contribution in [0.5, 0.6) is 0 Å². The van der Waals surface area contributed by atoms with Gasteiger partial charge in [0, 0.05) is 62.7 Å². The van der Waals surface area contributed by atoms with Crippen LogP contribution < -0.4 is 0 Å². The molecule has 0 radical (unpaired) electrons. The van der Waals surface area contributed by atoms with Crippen molar-refractivity contribution in [1.82, 2.24) is 0 Å². The molecular formula is C49H67NO14. The Morgan fingerprint density at radius 3 is 2.48 bits per heavy atom. The molecule has 8 fully saturated rings. The number of carbonyl (C=O) groups excluding carboxylic acids is 2. The fourth-order valence-electron chi connectivity index (χ4n) is 13.1. The topological polar surface area (TPSA) is 201 Å². The van der Waals surface area contributed by atoms with Crippen molar-refractivity contribution < 1.29 is 67.9 Å². The number of methoxy groups -OCH3 is 1. The molecule has 15 heteroatoms. The number of benzene rings is 1. The third-order valence-electron chi connectivity index (χ3n) is 16.4. The second-order valence-corrected chi connectivity index (χ2v) is 20.6. The van der Waals surface area contributed by atoms with E-state index in [2.05, 4.69) is 13.5 Å². The summed E-state index contributed by atoms with van der Waals surface area (Å²) < 4.78 is 53.8. The highest BCUT2D eigenvalue weighted by Gasteiger charge is 2.69. The van der Waals surface area contributed by atoms with E-state index >= 15 is 0 Å². The summed E-state index contributed by atoms with van der Waals surface area (Å²) in [5.41, 5.74) is 1.44. The van der Waals surface area contributed by atoms with E-state index < -0.39 is 72.2 Å². The van der Waals surface area contributed by atoms with Crippen molar-refractivity contribution in [2.24, 2.45) is 34.6 Å². The largest absolute Gasteiger partial charge is 0.459 e. The Morgan fingerprint density at radius 1 is 0.906 bits per heavy atom. The van der Waals surface area contributed by atoms with E-state index in [1.54, 1.807) is 31.4 Å². The quantitative estimate of drug-likeness (QED) is 0.215. The third-order valence-corrected chi connectivity index (χ3v) is 16.4. The molecule has 11 aliphatic rings. The smallest absolute Gasteiger partial charge is 0.338 e. The molecule has 4 N–H and O–H groups in total. The zero-order chi connectivity index (χ0) is 44.5. The van der Waals surface area contributed by atoms with E-state index in [1.165, 1.54) is 0 Å². The summed E-state index contributed by atoms with van der Waals surface area (Å²) in [6.45, 7) is 5.93. The van der Waals surface area contributed by atoms with Gasteiger partial charge in [0.2, 0.25) is 5.72 Å². The lowest BCUT2D eigenvalue weighted by molar-refractivity contribution is -0.399. The summed E-state index contributed by atoms with van der Waals surface area (Å²) >= 11 is 0. The highest BCUT2D eigenvalue weighted by Crippen LogP contribution is 2.59. The van der Waals surface area contributed by atoms with E-state index in [9.17, 15) is 30.0 Å². The Bertz CT molecular complexity index is 1930. The molecular weight excluding hydrogens is 827 g/mol. The summed E-state index contributed by atoms with van der Waals surface area (Å²) in [6, 6.07) is 6.43. The van der Waals surface area contributed by atoms with Crippen LogP contribution in [0.1, 0.15) is 113 Å². The Hall–Kier alpha value is -2.67. The van der Waals surface area contributed by atoms with Gasteiger partial charge >= 0.3 is 5.97 Å². The highest BCUT2D eigenvalue weighted by atomic mass is 16.7. The summed E-state index contributed by atoms with van der Waals surface area (Å²) in [6.07, 6.45) is 1.46. The normalized spacial score (nSPS) is 45.7. The average molecular weight is 894 g/mol. The van der Waals surface area contributed by atoms with Crippen molar-refractivity contribution in [3.8, 4) is 0 Å². The Morgan fingerprint density at radius 2 is 1.70 bits per heavy atom. The number of aliphatic imine (C=N–C) groups is 1. The first-order valence-corrected chi connectivity index (χ1v) is 24.0. The molecule has 1 spiro atoms. The Balaban J connectivity index is 0.990. The molecule has 1 aromatic rings. The number of esters is 1. The van der Waals surface area contributed by atoms with Crippen LogP contribution in [0.3, 0.4) is 0 Å². The van der Waals surface area contributed by atoms with Gasteiger partial charge in [0.15, 0.2) is 5.79 Å². The Labute approximate surface area is 375 Å². The lowest BCUT2D eigenvalue weighted by atomic mass is 9.59. The molecule has 12 bridgehead atoms. The van der Waals surface area contributed by atoms with Crippen LogP contribution in [-0.4, -0.2) is 143 Å². The maximum absolute atomic E-state index is 14.4. The van der Waals surface area contributed by atoms with E-state index in [4.69, 9.17) is 42.9 Å². The van der Waals surface area contributed by atoms with Crippen LogP contribution in [0.15, 0.2) is 41.4 Å². The number of carbonyl (C=O) groups is 2. The number of hydrogen-bond acceptors (Lipinski definition) is 15. The maximum Gasteiger partial charge on any atom is 0.338 e. The molecule has 0 aromatic heterocycles. The third kappa shape index (κ3) is 8.37. The zero-order valence-corrected chi connectivity index (χ0v) is 37.2. The number of aliphatic hydroxyl groups is 4. The number of fused-ring (bicyclic) bond motifs is 6. The molecule has 12 rings (SSSR count). The average Bonchev–Trinajstić information content (AvgIpc) is 3.79.